The fourth-order valence-corrected chi connectivity index (χ4v) is 8.86. The number of amides is 6. The first-order valence-corrected chi connectivity index (χ1v) is 20.6. The van der Waals surface area contributed by atoms with E-state index in [0.717, 1.165) is 37.2 Å². The van der Waals surface area contributed by atoms with Crippen LogP contribution in [0, 0.1) is 20.8 Å². The maximum Gasteiger partial charge on any atom is 0.266 e. The first kappa shape index (κ1) is 40.3. The van der Waals surface area contributed by atoms with Gasteiger partial charge in [0.15, 0.2) is 5.82 Å². The molecule has 5 heterocycles. The summed E-state index contributed by atoms with van der Waals surface area (Å²) in [4.78, 5) is 84.0. The lowest BCUT2D eigenvalue weighted by molar-refractivity contribution is -0.136. The molecule has 15 nitrogen and oxygen atoms in total. The normalized spacial score (nSPS) is 17.0. The molecule has 3 aromatic carbocycles. The molecule has 0 bridgehead atoms. The summed E-state index contributed by atoms with van der Waals surface area (Å²) in [5, 5.41) is 18.4. The monoisotopic (exact) mass is 846 g/mol. The molecule has 3 aliphatic rings. The van der Waals surface area contributed by atoms with E-state index in [1.54, 1.807) is 47.7 Å². The van der Waals surface area contributed by atoms with Crippen molar-refractivity contribution < 1.29 is 33.5 Å². The second-order valence-electron chi connectivity index (χ2n) is 14.7. The van der Waals surface area contributed by atoms with E-state index >= 15 is 0 Å². The number of aryl methyl sites for hydroxylation is 2. The van der Waals surface area contributed by atoms with Crippen molar-refractivity contribution in [1.29, 1.82) is 0 Å². The summed E-state index contributed by atoms with van der Waals surface area (Å²) in [6.07, 6.45) is 0.610. The van der Waals surface area contributed by atoms with Crippen molar-refractivity contribution in [1.82, 2.24) is 35.6 Å². The molecule has 3 N–H and O–H groups in total. The number of aromatic nitrogens is 3. The number of carbonyl (C=O) groups excluding carboxylic acids is 6. The van der Waals surface area contributed by atoms with Crippen LogP contribution in [-0.4, -0.2) is 80.0 Å². The highest BCUT2D eigenvalue weighted by molar-refractivity contribution is 7.15. The number of halogens is 1. The van der Waals surface area contributed by atoms with Crippen LogP contribution in [0.4, 0.5) is 0 Å². The maximum absolute atomic E-state index is 13.4. The van der Waals surface area contributed by atoms with Crippen LogP contribution in [0.2, 0.25) is 5.02 Å². The lowest BCUT2D eigenvalue weighted by atomic mass is 9.99. The lowest BCUT2D eigenvalue weighted by Crippen LogP contribution is -2.54. The molecule has 60 heavy (non-hydrogen) atoms. The number of hydrogen-bond acceptors (Lipinski definition) is 11. The Kier molecular flexibility index (Phi) is 11.2. The van der Waals surface area contributed by atoms with Gasteiger partial charge in [0, 0.05) is 46.1 Å². The molecule has 1 fully saturated rings. The number of carbonyl (C=O) groups is 6. The molecule has 8 rings (SSSR count). The van der Waals surface area contributed by atoms with Crippen LogP contribution >= 0.6 is 22.9 Å². The van der Waals surface area contributed by atoms with Crippen LogP contribution in [0.15, 0.2) is 71.7 Å². The van der Waals surface area contributed by atoms with Crippen molar-refractivity contribution >= 4 is 64.1 Å². The summed E-state index contributed by atoms with van der Waals surface area (Å²) in [6.45, 7) is 6.72. The van der Waals surface area contributed by atoms with Crippen molar-refractivity contribution in [2.45, 2.75) is 65.1 Å². The summed E-state index contributed by atoms with van der Waals surface area (Å²) < 4.78 is 7.96. The predicted octanol–water partition coefficient (Wildman–Crippen LogP) is 5.11. The van der Waals surface area contributed by atoms with E-state index in [4.69, 9.17) is 21.3 Å². The van der Waals surface area contributed by atoms with Crippen molar-refractivity contribution in [3.63, 3.8) is 0 Å². The van der Waals surface area contributed by atoms with E-state index in [-0.39, 0.29) is 54.6 Å². The van der Waals surface area contributed by atoms with Crippen LogP contribution in [0.5, 0.6) is 5.75 Å². The number of thiophene rings is 1. The number of ether oxygens (including phenoxy) is 1. The predicted molar refractivity (Wildman–Crippen MR) is 222 cm³/mol. The van der Waals surface area contributed by atoms with Gasteiger partial charge in [0.1, 0.15) is 35.3 Å². The number of imide groups is 2. The van der Waals surface area contributed by atoms with Gasteiger partial charge in [0.25, 0.3) is 17.7 Å². The molecule has 306 valence electrons. The molecule has 2 aromatic heterocycles. The van der Waals surface area contributed by atoms with Crippen molar-refractivity contribution in [2.75, 3.05) is 13.1 Å². The van der Waals surface area contributed by atoms with Gasteiger partial charge in [-0.15, -0.1) is 21.5 Å². The van der Waals surface area contributed by atoms with Crippen molar-refractivity contribution in [3.8, 4) is 10.8 Å². The minimum Gasteiger partial charge on any atom is -0.488 e. The van der Waals surface area contributed by atoms with E-state index in [1.165, 1.54) is 6.07 Å². The van der Waals surface area contributed by atoms with Crippen molar-refractivity contribution in [2.24, 2.45) is 4.99 Å². The fourth-order valence-electron chi connectivity index (χ4n) is 7.52. The SMILES string of the molecule is Cc1sc2c(c1C)C(c1ccc(Cl)cc1)=N[C@@H](CC(=O)NCCCNC(=O)c1ccc(COc3cccc4c3C(=O)N(C3CCC(=O)NC3=O)C4=O)cc1)c1nnc(C)n1-2. The summed E-state index contributed by atoms with van der Waals surface area (Å²) in [5.74, 6) is -1.44. The highest BCUT2D eigenvalue weighted by Gasteiger charge is 2.46. The molecule has 0 saturated carbocycles. The number of nitrogens with zero attached hydrogens (tertiary/aromatic N) is 5. The summed E-state index contributed by atoms with van der Waals surface area (Å²) in [5.41, 5.74) is 5.05. The first-order valence-electron chi connectivity index (χ1n) is 19.4. The molecule has 0 aliphatic carbocycles. The quantitative estimate of drug-likeness (QED) is 0.113. The lowest BCUT2D eigenvalue weighted by Gasteiger charge is -2.27. The van der Waals surface area contributed by atoms with Gasteiger partial charge in [0.05, 0.1) is 23.3 Å². The van der Waals surface area contributed by atoms with Gasteiger partial charge in [-0.25, -0.2) is 0 Å². The van der Waals surface area contributed by atoms with Gasteiger partial charge in [0.2, 0.25) is 17.7 Å². The molecule has 3 aliphatic heterocycles. The number of rotatable bonds is 12. The van der Waals surface area contributed by atoms with Gasteiger partial charge in [-0.1, -0.05) is 41.9 Å². The number of fused-ring (bicyclic) bond motifs is 4. The van der Waals surface area contributed by atoms with E-state index in [9.17, 15) is 28.8 Å². The molecule has 0 radical (unpaired) electrons. The van der Waals surface area contributed by atoms with Gasteiger partial charge in [-0.3, -0.25) is 48.5 Å². The van der Waals surface area contributed by atoms with Gasteiger partial charge in [-0.05, 0) is 81.1 Å². The van der Waals surface area contributed by atoms with Crippen molar-refractivity contribution in [3.05, 3.63) is 127 Å². The average Bonchev–Trinajstić information content (AvgIpc) is 3.81. The zero-order valence-electron chi connectivity index (χ0n) is 32.8. The van der Waals surface area contributed by atoms with Gasteiger partial charge in [-0.2, -0.15) is 0 Å². The molecular formula is C43H39ClN8O7S. The third kappa shape index (κ3) is 7.71. The highest BCUT2D eigenvalue weighted by atomic mass is 35.5. The molecular weight excluding hydrogens is 808 g/mol. The Morgan fingerprint density at radius 3 is 2.42 bits per heavy atom. The second-order valence-corrected chi connectivity index (χ2v) is 16.3. The maximum atomic E-state index is 13.4. The van der Waals surface area contributed by atoms with E-state index in [1.807, 2.05) is 35.8 Å². The van der Waals surface area contributed by atoms with Crippen LogP contribution in [0.3, 0.4) is 0 Å². The Balaban J connectivity index is 0.837. The molecule has 2 atom stereocenters. The van der Waals surface area contributed by atoms with Gasteiger partial charge < -0.3 is 15.4 Å². The third-order valence-corrected chi connectivity index (χ3v) is 12.2. The first-order chi connectivity index (χ1) is 28.9. The largest absolute Gasteiger partial charge is 0.488 e. The fraction of sp³-hybridized carbons (Fsp3) is 0.279. The Morgan fingerprint density at radius 1 is 0.917 bits per heavy atom. The van der Waals surface area contributed by atoms with E-state index in [2.05, 4.69) is 40.0 Å². The zero-order valence-corrected chi connectivity index (χ0v) is 34.4. The van der Waals surface area contributed by atoms with Crippen LogP contribution in [-0.2, 0) is 21.0 Å². The van der Waals surface area contributed by atoms with E-state index in [0.29, 0.717) is 47.3 Å². The smallest absolute Gasteiger partial charge is 0.266 e. The Morgan fingerprint density at radius 2 is 1.67 bits per heavy atom. The standard InChI is InChI=1S/C43H39ClN8O7S/c1-22-23(2)60-43-35(22)37(26-12-14-28(44)15-13-26)47-30(38-50-49-24(3)51(38)43)20-34(54)45-18-5-19-46-39(55)27-10-8-25(9-11-27)21-59-32-7-4-6-29-36(32)42(58)52(41(29)57)31-16-17-33(53)48-40(31)56/h4,6-15,30-31H,5,16-21H2,1-3H3,(H,45,54)(H,46,55)(H,48,53,56)/t30-,31?/m0/s1. The number of nitrogens with one attached hydrogen (secondary N) is 3. The van der Waals surface area contributed by atoms with Crippen LogP contribution in [0.1, 0.15) is 102 Å². The molecule has 0 spiro atoms. The second kappa shape index (κ2) is 16.6. The zero-order chi connectivity index (χ0) is 42.2. The Bertz CT molecular complexity index is 2620. The molecule has 1 saturated heterocycles. The molecule has 17 heteroatoms. The summed E-state index contributed by atoms with van der Waals surface area (Å²) in [7, 11) is 0. The summed E-state index contributed by atoms with van der Waals surface area (Å²) in [6, 6.07) is 17.2. The van der Waals surface area contributed by atoms with E-state index < -0.39 is 35.7 Å². The molecule has 6 amide bonds. The molecule has 5 aromatic rings. The van der Waals surface area contributed by atoms with Crippen LogP contribution in [0.25, 0.3) is 5.00 Å². The Labute approximate surface area is 353 Å². The molecule has 1 unspecified atom stereocenters. The van der Waals surface area contributed by atoms with Crippen LogP contribution < -0.4 is 20.7 Å². The summed E-state index contributed by atoms with van der Waals surface area (Å²) >= 11 is 7.86. The number of hydrogen-bond donors (Lipinski definition) is 3. The Hall–Kier alpha value is -6.52. The number of benzene rings is 3. The minimum atomic E-state index is -1.08. The van der Waals surface area contributed by atoms with Gasteiger partial charge >= 0.3 is 0 Å². The minimum absolute atomic E-state index is 0.0218. The average molecular weight is 847 g/mol. The number of piperidine rings is 1. The highest BCUT2D eigenvalue weighted by Crippen LogP contribution is 2.40. The number of aliphatic imine (C=N–C) groups is 1. The third-order valence-electron chi connectivity index (χ3n) is 10.7. The topological polar surface area (TPSA) is 194 Å².